The van der Waals surface area contributed by atoms with Gasteiger partial charge >= 0.3 is 0 Å². The van der Waals surface area contributed by atoms with E-state index in [9.17, 15) is 10.2 Å². The summed E-state index contributed by atoms with van der Waals surface area (Å²) < 4.78 is 5.77. The smallest absolute Gasteiger partial charge is 0.106 e. The van der Waals surface area contributed by atoms with E-state index in [0.717, 1.165) is 12.8 Å². The van der Waals surface area contributed by atoms with Gasteiger partial charge in [-0.1, -0.05) is 90.4 Å². The average Bonchev–Trinajstić information content (AvgIpc) is 2.61. The lowest BCUT2D eigenvalue weighted by atomic mass is 9.97. The summed E-state index contributed by atoms with van der Waals surface area (Å²) in [6.07, 6.45) is 17.6. The lowest BCUT2D eigenvalue weighted by Crippen LogP contribution is -2.59. The molecule has 1 rings (SSSR count). The summed E-state index contributed by atoms with van der Waals surface area (Å²) in [6.45, 7) is 4.17. The minimum absolute atomic E-state index is 0.0377. The van der Waals surface area contributed by atoms with Crippen LogP contribution in [0.15, 0.2) is 0 Å². The standard InChI is InChI=1S/C21H43NO3/c1-3-4-5-6-7-8-9-10-11-12-13-14-15-16-20-21(24)19(17-23)22-18(2)25-20/h18-24H,3-17H2,1-2H3/t18-,19-,20+,21-/m0/s1. The molecular weight excluding hydrogens is 314 g/mol. The molecule has 1 heterocycles. The highest BCUT2D eigenvalue weighted by Gasteiger charge is 2.34. The zero-order valence-electron chi connectivity index (χ0n) is 16.7. The summed E-state index contributed by atoms with van der Waals surface area (Å²) in [7, 11) is 0. The second-order valence-electron chi connectivity index (χ2n) is 7.79. The Balaban J connectivity index is 1.90. The molecule has 4 nitrogen and oxygen atoms in total. The van der Waals surface area contributed by atoms with Crippen molar-refractivity contribution < 1.29 is 14.9 Å². The number of aliphatic hydroxyl groups is 2. The van der Waals surface area contributed by atoms with E-state index in [0.29, 0.717) is 0 Å². The Kier molecular flexibility index (Phi) is 13.7. The maximum Gasteiger partial charge on any atom is 0.106 e. The molecule has 0 bridgehead atoms. The topological polar surface area (TPSA) is 61.7 Å². The summed E-state index contributed by atoms with van der Waals surface area (Å²) in [4.78, 5) is 0. The summed E-state index contributed by atoms with van der Waals surface area (Å²) >= 11 is 0. The number of hydrogen-bond acceptors (Lipinski definition) is 4. The van der Waals surface area contributed by atoms with Crippen LogP contribution in [0.4, 0.5) is 0 Å². The Morgan fingerprint density at radius 1 is 0.800 bits per heavy atom. The molecule has 0 spiro atoms. The number of ether oxygens (including phenoxy) is 1. The van der Waals surface area contributed by atoms with Gasteiger partial charge in [-0.3, -0.25) is 5.32 Å². The minimum atomic E-state index is -0.599. The van der Waals surface area contributed by atoms with Crippen LogP contribution >= 0.6 is 0 Å². The molecule has 1 fully saturated rings. The van der Waals surface area contributed by atoms with Crippen LogP contribution in [-0.2, 0) is 4.74 Å². The first kappa shape index (κ1) is 22.9. The molecule has 4 atom stereocenters. The number of hydrogen-bond donors (Lipinski definition) is 3. The molecule has 3 N–H and O–H groups in total. The third-order valence-electron chi connectivity index (χ3n) is 5.41. The average molecular weight is 358 g/mol. The van der Waals surface area contributed by atoms with Crippen molar-refractivity contribution in [3.8, 4) is 0 Å². The van der Waals surface area contributed by atoms with Crippen molar-refractivity contribution in [2.75, 3.05) is 6.61 Å². The van der Waals surface area contributed by atoms with Crippen LogP contribution in [0.25, 0.3) is 0 Å². The zero-order valence-corrected chi connectivity index (χ0v) is 16.7. The molecule has 0 aromatic heterocycles. The van der Waals surface area contributed by atoms with Crippen molar-refractivity contribution in [3.05, 3.63) is 0 Å². The van der Waals surface area contributed by atoms with Crippen molar-refractivity contribution in [1.82, 2.24) is 5.32 Å². The van der Waals surface area contributed by atoms with Crippen LogP contribution in [-0.4, -0.2) is 41.3 Å². The molecule has 150 valence electrons. The lowest BCUT2D eigenvalue weighted by Gasteiger charge is -2.38. The van der Waals surface area contributed by atoms with Gasteiger partial charge in [-0.2, -0.15) is 0 Å². The van der Waals surface area contributed by atoms with Crippen LogP contribution in [0, 0.1) is 0 Å². The second kappa shape index (κ2) is 15.0. The number of nitrogens with one attached hydrogen (secondary N) is 1. The number of rotatable bonds is 15. The molecule has 0 radical (unpaired) electrons. The molecule has 4 heteroatoms. The summed E-state index contributed by atoms with van der Waals surface area (Å²) in [5.41, 5.74) is 0. The summed E-state index contributed by atoms with van der Waals surface area (Å²) in [5, 5.41) is 22.6. The van der Waals surface area contributed by atoms with Gasteiger partial charge in [0.05, 0.1) is 24.9 Å². The van der Waals surface area contributed by atoms with E-state index in [4.69, 9.17) is 4.74 Å². The molecular formula is C21H43NO3. The summed E-state index contributed by atoms with van der Waals surface area (Å²) in [5.74, 6) is 0. The highest BCUT2D eigenvalue weighted by Crippen LogP contribution is 2.20. The molecule has 1 saturated heterocycles. The van der Waals surface area contributed by atoms with Crippen LogP contribution in [0.3, 0.4) is 0 Å². The van der Waals surface area contributed by atoms with Gasteiger partial charge in [-0.25, -0.2) is 0 Å². The molecule has 0 unspecified atom stereocenters. The third-order valence-corrected chi connectivity index (χ3v) is 5.41. The van der Waals surface area contributed by atoms with Crippen molar-refractivity contribution in [2.45, 2.75) is 128 Å². The van der Waals surface area contributed by atoms with Crippen LogP contribution in [0.1, 0.15) is 104 Å². The van der Waals surface area contributed by atoms with E-state index in [2.05, 4.69) is 12.2 Å². The fourth-order valence-electron chi connectivity index (χ4n) is 3.80. The van der Waals surface area contributed by atoms with Crippen molar-refractivity contribution in [2.24, 2.45) is 0 Å². The first-order valence-corrected chi connectivity index (χ1v) is 10.9. The van der Waals surface area contributed by atoms with E-state index in [1.54, 1.807) is 0 Å². The Hall–Kier alpha value is -0.160. The van der Waals surface area contributed by atoms with Crippen molar-refractivity contribution in [1.29, 1.82) is 0 Å². The normalized spacial score (nSPS) is 26.9. The first-order valence-electron chi connectivity index (χ1n) is 10.9. The Morgan fingerprint density at radius 3 is 1.76 bits per heavy atom. The maximum absolute atomic E-state index is 10.2. The first-order chi connectivity index (χ1) is 12.2. The Morgan fingerprint density at radius 2 is 1.28 bits per heavy atom. The van der Waals surface area contributed by atoms with Gasteiger partial charge in [0.15, 0.2) is 0 Å². The van der Waals surface area contributed by atoms with Crippen molar-refractivity contribution >= 4 is 0 Å². The van der Waals surface area contributed by atoms with E-state index in [1.165, 1.54) is 77.0 Å². The van der Waals surface area contributed by atoms with Gasteiger partial charge in [0.2, 0.25) is 0 Å². The third kappa shape index (κ3) is 10.5. The quantitative estimate of drug-likeness (QED) is 0.377. The Labute approximate surface area is 155 Å². The largest absolute Gasteiger partial charge is 0.395 e. The zero-order chi connectivity index (χ0) is 18.3. The molecule has 25 heavy (non-hydrogen) atoms. The fourth-order valence-corrected chi connectivity index (χ4v) is 3.80. The van der Waals surface area contributed by atoms with E-state index >= 15 is 0 Å². The fraction of sp³-hybridized carbons (Fsp3) is 1.00. The van der Waals surface area contributed by atoms with Gasteiger partial charge in [0.1, 0.15) is 6.23 Å². The predicted molar refractivity (Wildman–Crippen MR) is 105 cm³/mol. The predicted octanol–water partition coefficient (Wildman–Crippen LogP) is 4.52. The molecule has 1 aliphatic heterocycles. The van der Waals surface area contributed by atoms with Crippen molar-refractivity contribution in [3.63, 3.8) is 0 Å². The van der Waals surface area contributed by atoms with E-state index in [-0.39, 0.29) is 25.0 Å². The number of aliphatic hydroxyl groups excluding tert-OH is 2. The molecule has 0 aliphatic carbocycles. The van der Waals surface area contributed by atoms with Gasteiger partial charge in [-0.05, 0) is 13.3 Å². The summed E-state index contributed by atoms with van der Waals surface area (Å²) in [6, 6.07) is -0.254. The lowest BCUT2D eigenvalue weighted by molar-refractivity contribution is -0.146. The molecule has 0 amide bonds. The maximum atomic E-state index is 10.2. The van der Waals surface area contributed by atoms with Gasteiger partial charge < -0.3 is 14.9 Å². The van der Waals surface area contributed by atoms with Crippen LogP contribution < -0.4 is 5.32 Å². The molecule has 0 aromatic carbocycles. The van der Waals surface area contributed by atoms with Crippen LogP contribution in [0.2, 0.25) is 0 Å². The SMILES string of the molecule is CCCCCCCCCCCCCCC[C@H]1O[C@@H](C)N[C@@H](CO)[C@@H]1O. The molecule has 1 aliphatic rings. The molecule has 0 saturated carbocycles. The molecule has 0 aromatic rings. The highest BCUT2D eigenvalue weighted by molar-refractivity contribution is 4.86. The van der Waals surface area contributed by atoms with Gasteiger partial charge in [0.25, 0.3) is 0 Å². The van der Waals surface area contributed by atoms with Gasteiger partial charge in [0, 0.05) is 0 Å². The van der Waals surface area contributed by atoms with E-state index in [1.807, 2.05) is 6.92 Å². The highest BCUT2D eigenvalue weighted by atomic mass is 16.5. The second-order valence-corrected chi connectivity index (χ2v) is 7.79. The Bertz CT molecular complexity index is 301. The van der Waals surface area contributed by atoms with Gasteiger partial charge in [-0.15, -0.1) is 0 Å². The monoisotopic (exact) mass is 357 g/mol. The number of unbranched alkanes of at least 4 members (excludes halogenated alkanes) is 12. The van der Waals surface area contributed by atoms with Crippen LogP contribution in [0.5, 0.6) is 0 Å². The van der Waals surface area contributed by atoms with E-state index < -0.39 is 6.10 Å². The minimum Gasteiger partial charge on any atom is -0.395 e.